The highest BCUT2D eigenvalue weighted by Gasteiger charge is 2.09. The molecule has 0 bridgehead atoms. The fourth-order valence-electron chi connectivity index (χ4n) is 1.79. The van der Waals surface area contributed by atoms with E-state index in [1.807, 2.05) is 0 Å². The summed E-state index contributed by atoms with van der Waals surface area (Å²) in [6, 6.07) is 6.75. The molecule has 0 saturated heterocycles. The molecule has 0 aliphatic heterocycles. The number of rotatable bonds is 6. The van der Waals surface area contributed by atoms with Crippen molar-refractivity contribution in [2.45, 2.75) is 11.6 Å². The van der Waals surface area contributed by atoms with E-state index < -0.39 is 11.4 Å². The van der Waals surface area contributed by atoms with Gasteiger partial charge in [-0.15, -0.1) is 0 Å². The number of likely N-dealkylation sites (N-methyl/N-ethyl adjacent to an activating group) is 1. The zero-order chi connectivity index (χ0) is 17.5. The molecule has 0 saturated carbocycles. The molecule has 0 aliphatic rings. The maximum atomic E-state index is 13.1. The zero-order valence-electron chi connectivity index (χ0n) is 12.8. The highest BCUT2D eigenvalue weighted by Crippen LogP contribution is 2.14. The van der Waals surface area contributed by atoms with Crippen molar-refractivity contribution >= 4 is 29.3 Å². The summed E-state index contributed by atoms with van der Waals surface area (Å²) in [4.78, 5) is 41.4. The van der Waals surface area contributed by atoms with Crippen LogP contribution in [0.1, 0.15) is 5.69 Å². The molecule has 1 aromatic carbocycles. The Hall–Kier alpha value is -2.68. The number of anilines is 1. The van der Waals surface area contributed by atoms with Crippen molar-refractivity contribution in [2.75, 3.05) is 18.1 Å². The van der Waals surface area contributed by atoms with Gasteiger partial charge in [0, 0.05) is 18.8 Å². The van der Waals surface area contributed by atoms with Gasteiger partial charge < -0.3 is 15.6 Å². The van der Waals surface area contributed by atoms with Gasteiger partial charge in [-0.05, 0) is 18.2 Å². The molecule has 2 rings (SSSR count). The van der Waals surface area contributed by atoms with Crippen molar-refractivity contribution in [3.8, 4) is 0 Å². The van der Waals surface area contributed by atoms with Crippen molar-refractivity contribution in [1.29, 1.82) is 0 Å². The number of hydrogen-bond acceptors (Lipinski definition) is 5. The quantitative estimate of drug-likeness (QED) is 0.531. The Balaban J connectivity index is 1.97. The minimum atomic E-state index is -0.451. The molecule has 2 aromatic rings. The molecule has 1 aromatic heterocycles. The summed E-state index contributed by atoms with van der Waals surface area (Å²) in [6.07, 6.45) is -0.0243. The molecular formula is C15H15FN4O3S. The van der Waals surface area contributed by atoms with E-state index in [1.54, 1.807) is 6.07 Å². The first-order valence-electron chi connectivity index (χ1n) is 6.95. The third-order valence-corrected chi connectivity index (χ3v) is 3.72. The summed E-state index contributed by atoms with van der Waals surface area (Å²) in [7, 11) is 1.49. The van der Waals surface area contributed by atoms with Crippen LogP contribution in [-0.2, 0) is 16.0 Å². The first-order chi connectivity index (χ1) is 11.5. The first-order valence-corrected chi connectivity index (χ1v) is 7.94. The number of carbonyl (C=O) groups excluding carboxylic acids is 2. The Bertz CT molecular complexity index is 809. The minimum absolute atomic E-state index is 0.0243. The molecular weight excluding hydrogens is 335 g/mol. The molecule has 2 amide bonds. The molecule has 0 atom stereocenters. The van der Waals surface area contributed by atoms with Crippen LogP contribution in [0, 0.1) is 5.82 Å². The van der Waals surface area contributed by atoms with Gasteiger partial charge in [-0.1, -0.05) is 17.8 Å². The lowest BCUT2D eigenvalue weighted by Gasteiger charge is -2.06. The Labute approximate surface area is 141 Å². The van der Waals surface area contributed by atoms with Gasteiger partial charge in [0.2, 0.25) is 11.8 Å². The fraction of sp³-hybridized carbons (Fsp3) is 0.200. The molecule has 0 fully saturated rings. The normalized spacial score (nSPS) is 10.2. The number of carbonyl (C=O) groups is 2. The Kier molecular flexibility index (Phi) is 6.07. The summed E-state index contributed by atoms with van der Waals surface area (Å²) in [5, 5.41) is 5.21. The third-order valence-electron chi connectivity index (χ3n) is 2.84. The SMILES string of the molecule is CNC(=O)Cc1cc(=O)[nH]c(SCC(=O)Nc2cccc(F)c2)n1. The summed E-state index contributed by atoms with van der Waals surface area (Å²) >= 11 is 1.01. The fourth-order valence-corrected chi connectivity index (χ4v) is 2.49. The topological polar surface area (TPSA) is 104 Å². The number of halogens is 1. The van der Waals surface area contributed by atoms with E-state index in [-0.39, 0.29) is 29.1 Å². The number of hydrogen-bond donors (Lipinski definition) is 3. The van der Waals surface area contributed by atoms with Crippen molar-refractivity contribution in [3.05, 3.63) is 52.2 Å². The lowest BCUT2D eigenvalue weighted by Crippen LogP contribution is -2.22. The van der Waals surface area contributed by atoms with Gasteiger partial charge in [0.25, 0.3) is 5.56 Å². The molecule has 24 heavy (non-hydrogen) atoms. The van der Waals surface area contributed by atoms with Gasteiger partial charge in [-0.3, -0.25) is 14.4 Å². The number of aromatic nitrogens is 2. The van der Waals surface area contributed by atoms with E-state index in [9.17, 15) is 18.8 Å². The van der Waals surface area contributed by atoms with Gasteiger partial charge in [0.05, 0.1) is 17.9 Å². The predicted octanol–water partition coefficient (Wildman–Crippen LogP) is 0.928. The van der Waals surface area contributed by atoms with E-state index in [2.05, 4.69) is 20.6 Å². The number of amides is 2. The Morgan fingerprint density at radius 2 is 2.08 bits per heavy atom. The van der Waals surface area contributed by atoms with Crippen molar-refractivity contribution in [3.63, 3.8) is 0 Å². The predicted molar refractivity (Wildman–Crippen MR) is 88.4 cm³/mol. The van der Waals surface area contributed by atoms with Gasteiger partial charge >= 0.3 is 0 Å². The van der Waals surface area contributed by atoms with Crippen LogP contribution in [0.15, 0.2) is 40.3 Å². The maximum absolute atomic E-state index is 13.1. The first kappa shape index (κ1) is 17.7. The van der Waals surface area contributed by atoms with Crippen molar-refractivity contribution in [1.82, 2.24) is 15.3 Å². The van der Waals surface area contributed by atoms with Crippen LogP contribution in [0.5, 0.6) is 0 Å². The number of nitrogens with zero attached hydrogens (tertiary/aromatic N) is 1. The molecule has 1 heterocycles. The summed E-state index contributed by atoms with van der Waals surface area (Å²) in [5.41, 5.74) is 0.249. The molecule has 0 radical (unpaired) electrons. The van der Waals surface area contributed by atoms with E-state index >= 15 is 0 Å². The summed E-state index contributed by atoms with van der Waals surface area (Å²) in [6.45, 7) is 0. The van der Waals surface area contributed by atoms with E-state index in [0.29, 0.717) is 11.4 Å². The van der Waals surface area contributed by atoms with Crippen molar-refractivity contribution < 1.29 is 14.0 Å². The van der Waals surface area contributed by atoms with Crippen LogP contribution in [0.3, 0.4) is 0 Å². The lowest BCUT2D eigenvalue weighted by molar-refractivity contribution is -0.120. The number of H-pyrrole nitrogens is 1. The van der Waals surface area contributed by atoms with Gasteiger partial charge in [-0.25, -0.2) is 9.37 Å². The Morgan fingerprint density at radius 1 is 1.29 bits per heavy atom. The average Bonchev–Trinajstić information content (AvgIpc) is 2.52. The second-order valence-electron chi connectivity index (χ2n) is 4.74. The highest BCUT2D eigenvalue weighted by atomic mass is 32.2. The van der Waals surface area contributed by atoms with Crippen LogP contribution in [0.4, 0.5) is 10.1 Å². The monoisotopic (exact) mass is 350 g/mol. The minimum Gasteiger partial charge on any atom is -0.359 e. The molecule has 0 aliphatic carbocycles. The summed E-state index contributed by atoms with van der Waals surface area (Å²) in [5.74, 6) is -1.12. The zero-order valence-corrected chi connectivity index (χ0v) is 13.6. The molecule has 0 unspecified atom stereocenters. The number of thioether (sulfide) groups is 1. The van der Waals surface area contributed by atoms with Gasteiger partial charge in [-0.2, -0.15) is 0 Å². The number of benzene rings is 1. The van der Waals surface area contributed by atoms with Gasteiger partial charge in [0.15, 0.2) is 5.16 Å². The van der Waals surface area contributed by atoms with Crippen LogP contribution >= 0.6 is 11.8 Å². The second kappa shape index (κ2) is 8.25. The molecule has 7 nitrogen and oxygen atoms in total. The third kappa shape index (κ3) is 5.51. The second-order valence-corrected chi connectivity index (χ2v) is 5.70. The highest BCUT2D eigenvalue weighted by molar-refractivity contribution is 7.99. The van der Waals surface area contributed by atoms with Crippen LogP contribution in [0.25, 0.3) is 0 Å². The number of nitrogens with one attached hydrogen (secondary N) is 3. The Morgan fingerprint density at radius 3 is 2.79 bits per heavy atom. The van der Waals surface area contributed by atoms with Crippen LogP contribution < -0.4 is 16.2 Å². The molecule has 3 N–H and O–H groups in total. The number of aromatic amines is 1. The van der Waals surface area contributed by atoms with E-state index in [0.717, 1.165) is 11.8 Å². The van der Waals surface area contributed by atoms with E-state index in [1.165, 1.54) is 31.3 Å². The smallest absolute Gasteiger partial charge is 0.251 e. The summed E-state index contributed by atoms with van der Waals surface area (Å²) < 4.78 is 13.1. The lowest BCUT2D eigenvalue weighted by atomic mass is 10.3. The average molecular weight is 350 g/mol. The molecule has 126 valence electrons. The van der Waals surface area contributed by atoms with Gasteiger partial charge in [0.1, 0.15) is 5.82 Å². The molecule has 0 spiro atoms. The van der Waals surface area contributed by atoms with E-state index in [4.69, 9.17) is 0 Å². The standard InChI is InChI=1S/C15H15FN4O3S/c1-17-12(21)6-11-7-13(22)20-15(19-11)24-8-14(23)18-10-4-2-3-9(16)5-10/h2-5,7H,6,8H2,1H3,(H,17,21)(H,18,23)(H,19,20,22). The van der Waals surface area contributed by atoms with Crippen LogP contribution in [-0.4, -0.2) is 34.6 Å². The van der Waals surface area contributed by atoms with Crippen LogP contribution in [0.2, 0.25) is 0 Å². The largest absolute Gasteiger partial charge is 0.359 e. The maximum Gasteiger partial charge on any atom is 0.251 e. The molecule has 9 heteroatoms. The van der Waals surface area contributed by atoms with Crippen molar-refractivity contribution in [2.24, 2.45) is 0 Å².